The molecule has 0 aliphatic carbocycles. The summed E-state index contributed by atoms with van der Waals surface area (Å²) in [5.41, 5.74) is 1.80. The van der Waals surface area contributed by atoms with Crippen LogP contribution in [0.5, 0.6) is 11.5 Å². The highest BCUT2D eigenvalue weighted by molar-refractivity contribution is 6.26. The van der Waals surface area contributed by atoms with Crippen LogP contribution in [-0.4, -0.2) is 117 Å². The third kappa shape index (κ3) is 12.4. The van der Waals surface area contributed by atoms with Crippen LogP contribution in [0, 0.1) is 0 Å². The molecular formula is C45H48ClNO14. The van der Waals surface area contributed by atoms with E-state index < -0.39 is 91.7 Å². The van der Waals surface area contributed by atoms with E-state index >= 15 is 0 Å². The predicted molar refractivity (Wildman–Crippen MR) is 219 cm³/mol. The Bertz CT molecular complexity index is 1990. The zero-order chi connectivity index (χ0) is 43.1. The summed E-state index contributed by atoms with van der Waals surface area (Å²) in [5, 5.41) is 11.6. The Morgan fingerprint density at radius 1 is 0.705 bits per heavy atom. The Hall–Kier alpha value is -5.39. The van der Waals surface area contributed by atoms with E-state index in [1.807, 2.05) is 60.7 Å². The van der Waals surface area contributed by atoms with Gasteiger partial charge in [0.15, 0.2) is 12.4 Å². The minimum atomic E-state index is -1.39. The number of aliphatic imine (C=N–C) groups is 1. The largest absolute Gasteiger partial charge is 0.497 e. The molecule has 2 heterocycles. The summed E-state index contributed by atoms with van der Waals surface area (Å²) in [7, 11) is 1.53. The smallest absolute Gasteiger partial charge is 0.338 e. The summed E-state index contributed by atoms with van der Waals surface area (Å²) in [4.78, 5) is 42.7. The molecule has 2 fully saturated rings. The molecule has 2 aliphatic rings. The molecule has 0 saturated carbocycles. The summed E-state index contributed by atoms with van der Waals surface area (Å²) >= 11 is 5.84. The minimum Gasteiger partial charge on any atom is -0.497 e. The number of alkyl halides is 1. The predicted octanol–water partition coefficient (Wildman–Crippen LogP) is 5.08. The van der Waals surface area contributed by atoms with Gasteiger partial charge in [-0.3, -0.25) is 14.6 Å². The third-order valence-electron chi connectivity index (χ3n) is 9.84. The molecule has 0 radical (unpaired) electrons. The fourth-order valence-corrected chi connectivity index (χ4v) is 6.86. The van der Waals surface area contributed by atoms with Crippen molar-refractivity contribution in [2.75, 3.05) is 26.2 Å². The average molecular weight is 862 g/mol. The van der Waals surface area contributed by atoms with Gasteiger partial charge in [0.1, 0.15) is 73.3 Å². The highest BCUT2D eigenvalue weighted by Gasteiger charge is 2.55. The zero-order valence-corrected chi connectivity index (χ0v) is 34.3. The number of halogens is 1. The number of benzene rings is 4. The van der Waals surface area contributed by atoms with E-state index in [1.165, 1.54) is 14.0 Å². The topological polar surface area (TPSA) is 176 Å². The average Bonchev–Trinajstić information content (AvgIpc) is 3.29. The van der Waals surface area contributed by atoms with Gasteiger partial charge >= 0.3 is 17.9 Å². The Morgan fingerprint density at radius 3 is 1.84 bits per heavy atom. The van der Waals surface area contributed by atoms with Crippen LogP contribution in [0.1, 0.15) is 28.4 Å². The molecule has 1 N–H and O–H groups in total. The lowest BCUT2D eigenvalue weighted by Crippen LogP contribution is -2.66. The van der Waals surface area contributed by atoms with Gasteiger partial charge in [-0.05, 0) is 54.2 Å². The molecule has 2 saturated heterocycles. The molecule has 0 aromatic heterocycles. The second kappa shape index (κ2) is 22.5. The Morgan fingerprint density at radius 2 is 1.26 bits per heavy atom. The van der Waals surface area contributed by atoms with E-state index in [1.54, 1.807) is 54.6 Å². The van der Waals surface area contributed by atoms with Gasteiger partial charge < -0.3 is 52.5 Å². The maximum atomic E-state index is 13.9. The van der Waals surface area contributed by atoms with E-state index in [0.717, 1.165) is 11.1 Å². The van der Waals surface area contributed by atoms with Crippen LogP contribution < -0.4 is 9.47 Å². The molecule has 6 unspecified atom stereocenters. The summed E-state index contributed by atoms with van der Waals surface area (Å²) in [5.74, 6) is -1.67. The monoisotopic (exact) mass is 861 g/mol. The van der Waals surface area contributed by atoms with Crippen LogP contribution in [0.4, 0.5) is 0 Å². The number of hydrogen-bond acceptors (Lipinski definition) is 15. The highest BCUT2D eigenvalue weighted by atomic mass is 35.5. The quantitative estimate of drug-likeness (QED) is 0.0572. The van der Waals surface area contributed by atoms with Crippen LogP contribution in [-0.2, 0) is 60.7 Å². The van der Waals surface area contributed by atoms with E-state index in [0.29, 0.717) is 11.5 Å². The molecule has 4 aromatic carbocycles. The first-order chi connectivity index (χ1) is 29.7. The van der Waals surface area contributed by atoms with Crippen molar-refractivity contribution in [2.45, 2.75) is 81.5 Å². The van der Waals surface area contributed by atoms with Gasteiger partial charge in [-0.25, -0.2) is 4.79 Å². The first-order valence-corrected chi connectivity index (χ1v) is 20.0. The second-order valence-electron chi connectivity index (χ2n) is 14.0. The first-order valence-electron chi connectivity index (χ1n) is 19.5. The number of carbonyl (C=O) groups is 3. The molecule has 0 amide bonds. The van der Waals surface area contributed by atoms with Crippen LogP contribution in [0.15, 0.2) is 120 Å². The molecule has 61 heavy (non-hydrogen) atoms. The maximum Gasteiger partial charge on any atom is 0.338 e. The number of ether oxygens (including phenoxy) is 10. The minimum absolute atomic E-state index is 0.0144. The van der Waals surface area contributed by atoms with Gasteiger partial charge in [-0.1, -0.05) is 78.9 Å². The first kappa shape index (κ1) is 45.1. The number of aliphatic hydroxyl groups excluding tert-OH is 1. The Balaban J connectivity index is 1.41. The van der Waals surface area contributed by atoms with Crippen molar-refractivity contribution in [3.63, 3.8) is 0 Å². The van der Waals surface area contributed by atoms with Gasteiger partial charge in [-0.15, -0.1) is 11.6 Å². The molecule has 16 heteroatoms. The molecular weight excluding hydrogens is 814 g/mol. The molecule has 10 atom stereocenters. The lowest BCUT2D eigenvalue weighted by atomic mass is 9.95. The Kier molecular flexibility index (Phi) is 16.6. The summed E-state index contributed by atoms with van der Waals surface area (Å²) in [6.07, 6.45) is -11.5. The summed E-state index contributed by atoms with van der Waals surface area (Å²) < 4.78 is 61.4. The Labute approximate surface area is 358 Å². The van der Waals surface area contributed by atoms with Gasteiger partial charge in [0.05, 0.1) is 25.9 Å². The van der Waals surface area contributed by atoms with E-state index in [-0.39, 0.29) is 25.4 Å². The highest BCUT2D eigenvalue weighted by Crippen LogP contribution is 2.36. The number of nitrogens with zero attached hydrogens (tertiary/aromatic N) is 1. The van der Waals surface area contributed by atoms with Gasteiger partial charge in [0.25, 0.3) is 0 Å². The standard InChI is InChI=1S/C45H48ClNO14/c1-28(48)53-26-34-38(50)40(55-24-29-13-7-4-8-14-29)37(47-2)44(58-34)61-39-35(27-54-36(49)23-46)59-45(57-33-21-19-32(52-3)20-22-33)42(60-43(51)31-17-11-6-12-18-31)41(39)56-25-30-15-9-5-10-16-30/h4-22,34-35,37-42,44-45,50H,2,23-27H2,1,3H3/t34?,35?,37?,38-,39-,40?,41?,42?,44+,45-/m1/s1. The second-order valence-corrected chi connectivity index (χ2v) is 14.3. The molecule has 324 valence electrons. The third-order valence-corrected chi connectivity index (χ3v) is 10.1. The molecule has 15 nitrogen and oxygen atoms in total. The number of carbonyl (C=O) groups excluding carboxylic acids is 3. The van der Waals surface area contributed by atoms with Crippen molar-refractivity contribution in [1.82, 2.24) is 0 Å². The zero-order valence-electron chi connectivity index (χ0n) is 33.6. The SMILES string of the molecule is C=NC1C(OCc2ccccc2)[C@H](O)C(COC(C)=O)O[C@H]1O[C@@H]1C(COC(=O)CCl)O[C@@H](Oc2ccc(OC)cc2)C(OC(=O)c2ccccc2)C1OCc1ccccc1. The van der Waals surface area contributed by atoms with Crippen LogP contribution >= 0.6 is 11.6 Å². The number of esters is 3. The molecule has 0 spiro atoms. The lowest BCUT2D eigenvalue weighted by Gasteiger charge is -2.48. The fourth-order valence-electron chi connectivity index (χ4n) is 6.78. The van der Waals surface area contributed by atoms with Crippen LogP contribution in [0.2, 0.25) is 0 Å². The van der Waals surface area contributed by atoms with Crippen LogP contribution in [0.3, 0.4) is 0 Å². The summed E-state index contributed by atoms with van der Waals surface area (Å²) in [6, 6.07) is 32.4. The van der Waals surface area contributed by atoms with Crippen LogP contribution in [0.25, 0.3) is 0 Å². The van der Waals surface area contributed by atoms with Gasteiger partial charge in [0.2, 0.25) is 6.29 Å². The fraction of sp³-hybridized carbons (Fsp3) is 0.378. The van der Waals surface area contributed by atoms with E-state index in [4.69, 9.17) is 59.0 Å². The van der Waals surface area contributed by atoms with Crippen molar-refractivity contribution in [3.05, 3.63) is 132 Å². The van der Waals surface area contributed by atoms with Gasteiger partial charge in [0, 0.05) is 6.92 Å². The molecule has 2 aliphatic heterocycles. The number of aliphatic hydroxyl groups is 1. The van der Waals surface area contributed by atoms with Gasteiger partial charge in [-0.2, -0.15) is 0 Å². The van der Waals surface area contributed by atoms with E-state index in [2.05, 4.69) is 11.7 Å². The van der Waals surface area contributed by atoms with Crippen molar-refractivity contribution >= 4 is 36.2 Å². The van der Waals surface area contributed by atoms with Crippen molar-refractivity contribution in [1.29, 1.82) is 0 Å². The number of methoxy groups -OCH3 is 1. The summed E-state index contributed by atoms with van der Waals surface area (Å²) in [6.45, 7) is 4.25. The lowest BCUT2D eigenvalue weighted by molar-refractivity contribution is -0.342. The number of hydrogen-bond donors (Lipinski definition) is 1. The normalized spacial score (nSPS) is 26.0. The van der Waals surface area contributed by atoms with Crippen molar-refractivity contribution in [2.24, 2.45) is 4.99 Å². The molecule has 4 aromatic rings. The molecule has 6 rings (SSSR count). The van der Waals surface area contributed by atoms with Crippen molar-refractivity contribution < 1.29 is 66.9 Å². The van der Waals surface area contributed by atoms with E-state index in [9.17, 15) is 19.5 Å². The maximum absolute atomic E-state index is 13.9. The van der Waals surface area contributed by atoms with Crippen molar-refractivity contribution in [3.8, 4) is 11.5 Å². The number of rotatable bonds is 19. The molecule has 0 bridgehead atoms.